The molecule has 3 rings (SSSR count). The first-order valence-corrected chi connectivity index (χ1v) is 7.45. The van der Waals surface area contributed by atoms with E-state index in [9.17, 15) is 0 Å². The molecular weight excluding hydrogens is 252 g/mol. The minimum absolute atomic E-state index is 1.14. The van der Waals surface area contributed by atoms with Crippen molar-refractivity contribution in [1.29, 1.82) is 0 Å². The van der Waals surface area contributed by atoms with Crippen LogP contribution in [0.15, 0.2) is 84.9 Å². The maximum atomic E-state index is 2.16. The van der Waals surface area contributed by atoms with Crippen LogP contribution >= 0.6 is 0 Å². The third kappa shape index (κ3) is 4.92. The van der Waals surface area contributed by atoms with Crippen molar-refractivity contribution in [1.82, 2.24) is 0 Å². The van der Waals surface area contributed by atoms with Gasteiger partial charge in [0.05, 0.1) is 0 Å². The summed E-state index contributed by atoms with van der Waals surface area (Å²) in [6, 6.07) is 29.5. The lowest BCUT2D eigenvalue weighted by molar-refractivity contribution is 1.14. The summed E-state index contributed by atoms with van der Waals surface area (Å²) in [5.41, 5.74) is 5.28. The molecule has 0 aliphatic rings. The average molecular weight is 274 g/mol. The zero-order valence-corrected chi connectivity index (χ0v) is 12.8. The number of benzene rings is 3. The third-order valence-corrected chi connectivity index (χ3v) is 3.41. The summed E-state index contributed by atoms with van der Waals surface area (Å²) in [4.78, 5) is 0. The van der Waals surface area contributed by atoms with Crippen LogP contribution in [0.2, 0.25) is 0 Å². The van der Waals surface area contributed by atoms with Crippen molar-refractivity contribution in [2.24, 2.45) is 0 Å². The van der Waals surface area contributed by atoms with E-state index in [4.69, 9.17) is 0 Å². The van der Waals surface area contributed by atoms with Gasteiger partial charge in [0.25, 0.3) is 0 Å². The van der Waals surface area contributed by atoms with Crippen LogP contribution in [-0.2, 0) is 6.42 Å². The second-order valence-electron chi connectivity index (χ2n) is 5.07. The molecule has 0 unspecified atom stereocenters. The molecule has 3 aromatic rings. The second kappa shape index (κ2) is 8.06. The van der Waals surface area contributed by atoms with Crippen molar-refractivity contribution in [2.45, 2.75) is 20.3 Å². The molecule has 0 aromatic heterocycles. The third-order valence-electron chi connectivity index (χ3n) is 3.41. The number of hydrogen-bond donors (Lipinski definition) is 0. The van der Waals surface area contributed by atoms with Gasteiger partial charge in [-0.3, -0.25) is 0 Å². The summed E-state index contributed by atoms with van der Waals surface area (Å²) in [7, 11) is 0. The fraction of sp³-hybridized carbons (Fsp3) is 0.143. The Balaban J connectivity index is 0.000000173. The molecule has 0 fully saturated rings. The molecule has 0 bridgehead atoms. The molecule has 0 saturated heterocycles. The van der Waals surface area contributed by atoms with E-state index in [1.54, 1.807) is 0 Å². The number of rotatable bonds is 2. The Hall–Kier alpha value is -2.34. The lowest BCUT2D eigenvalue weighted by Gasteiger charge is -2.00. The summed E-state index contributed by atoms with van der Waals surface area (Å²) < 4.78 is 0. The van der Waals surface area contributed by atoms with Gasteiger partial charge < -0.3 is 0 Å². The molecule has 0 aliphatic heterocycles. The van der Waals surface area contributed by atoms with E-state index in [0.29, 0.717) is 0 Å². The Morgan fingerprint density at radius 3 is 1.52 bits per heavy atom. The van der Waals surface area contributed by atoms with Crippen molar-refractivity contribution < 1.29 is 0 Å². The first-order chi connectivity index (χ1) is 10.3. The van der Waals surface area contributed by atoms with Crippen LogP contribution in [0.25, 0.3) is 11.1 Å². The largest absolute Gasteiger partial charge is 0.0622 e. The van der Waals surface area contributed by atoms with Gasteiger partial charge in [-0.2, -0.15) is 0 Å². The number of hydrogen-bond acceptors (Lipinski definition) is 0. The minimum atomic E-state index is 1.14. The Bertz CT molecular complexity index is 622. The predicted molar refractivity (Wildman–Crippen MR) is 92.4 cm³/mol. The van der Waals surface area contributed by atoms with Crippen LogP contribution in [0.5, 0.6) is 0 Å². The summed E-state index contributed by atoms with van der Waals surface area (Å²) in [6.45, 7) is 4.27. The normalized spacial score (nSPS) is 9.62. The van der Waals surface area contributed by atoms with Crippen molar-refractivity contribution >= 4 is 0 Å². The average Bonchev–Trinajstić information content (AvgIpc) is 2.58. The van der Waals surface area contributed by atoms with Gasteiger partial charge in [-0.25, -0.2) is 0 Å². The molecule has 3 aromatic carbocycles. The molecule has 0 heterocycles. The molecule has 0 atom stereocenters. The molecule has 0 N–H and O–H groups in total. The molecular formula is C21H22. The fourth-order valence-corrected chi connectivity index (χ4v) is 2.09. The monoisotopic (exact) mass is 274 g/mol. The van der Waals surface area contributed by atoms with E-state index in [2.05, 4.69) is 86.6 Å². The molecule has 0 spiro atoms. The molecule has 0 radical (unpaired) electrons. The van der Waals surface area contributed by atoms with E-state index in [1.807, 2.05) is 12.1 Å². The maximum Gasteiger partial charge on any atom is -0.0184 e. The summed E-state index contributed by atoms with van der Waals surface area (Å²) in [6.07, 6.45) is 1.14. The zero-order valence-electron chi connectivity index (χ0n) is 12.8. The zero-order chi connectivity index (χ0) is 14.9. The van der Waals surface area contributed by atoms with E-state index in [1.165, 1.54) is 22.3 Å². The molecule has 0 nitrogen and oxygen atoms in total. The highest BCUT2D eigenvalue weighted by atomic mass is 14.0. The maximum absolute atomic E-state index is 2.16. The van der Waals surface area contributed by atoms with Crippen LogP contribution in [0.1, 0.15) is 18.1 Å². The van der Waals surface area contributed by atoms with Crippen molar-refractivity contribution in [3.8, 4) is 11.1 Å². The lowest BCUT2D eigenvalue weighted by Crippen LogP contribution is -1.76. The first kappa shape index (κ1) is 15.1. The number of aryl methyl sites for hydroxylation is 2. The van der Waals surface area contributed by atoms with E-state index in [0.717, 1.165) is 6.42 Å². The van der Waals surface area contributed by atoms with Gasteiger partial charge in [-0.05, 0) is 30.0 Å². The second-order valence-corrected chi connectivity index (χ2v) is 5.07. The molecule has 0 heteroatoms. The molecule has 0 saturated carbocycles. The molecule has 0 amide bonds. The Labute approximate surface area is 128 Å². The summed E-state index contributed by atoms with van der Waals surface area (Å²) in [5.74, 6) is 0. The lowest BCUT2D eigenvalue weighted by atomic mass is 10.0. The van der Waals surface area contributed by atoms with Crippen LogP contribution in [0.4, 0.5) is 0 Å². The Kier molecular flexibility index (Phi) is 5.78. The molecule has 106 valence electrons. The smallest absolute Gasteiger partial charge is 0.0184 e. The molecule has 0 aliphatic carbocycles. The predicted octanol–water partition coefficient (Wildman–Crippen LogP) is 5.91. The minimum Gasteiger partial charge on any atom is -0.0622 e. The van der Waals surface area contributed by atoms with E-state index >= 15 is 0 Å². The van der Waals surface area contributed by atoms with Gasteiger partial charge in [-0.1, -0.05) is 97.4 Å². The van der Waals surface area contributed by atoms with Gasteiger partial charge >= 0.3 is 0 Å². The van der Waals surface area contributed by atoms with Gasteiger partial charge in [0.15, 0.2) is 0 Å². The summed E-state index contributed by atoms with van der Waals surface area (Å²) in [5, 5.41) is 0. The van der Waals surface area contributed by atoms with Crippen LogP contribution in [-0.4, -0.2) is 0 Å². The highest BCUT2D eigenvalue weighted by Gasteiger charge is 1.93. The highest BCUT2D eigenvalue weighted by Crippen LogP contribution is 2.18. The SMILES string of the molecule is CCc1ccccc1.Cc1ccc(-c2ccccc2)cc1. The van der Waals surface area contributed by atoms with Gasteiger partial charge in [0.1, 0.15) is 0 Å². The van der Waals surface area contributed by atoms with Crippen molar-refractivity contribution in [3.63, 3.8) is 0 Å². The Morgan fingerprint density at radius 2 is 1.05 bits per heavy atom. The summed E-state index contributed by atoms with van der Waals surface area (Å²) >= 11 is 0. The van der Waals surface area contributed by atoms with E-state index < -0.39 is 0 Å². The van der Waals surface area contributed by atoms with Crippen LogP contribution in [0, 0.1) is 6.92 Å². The van der Waals surface area contributed by atoms with E-state index in [-0.39, 0.29) is 0 Å². The highest BCUT2D eigenvalue weighted by molar-refractivity contribution is 5.63. The quantitative estimate of drug-likeness (QED) is 0.545. The topological polar surface area (TPSA) is 0 Å². The Morgan fingerprint density at radius 1 is 0.571 bits per heavy atom. The van der Waals surface area contributed by atoms with Crippen LogP contribution < -0.4 is 0 Å². The molecule has 21 heavy (non-hydrogen) atoms. The van der Waals surface area contributed by atoms with Gasteiger partial charge in [0, 0.05) is 0 Å². The standard InChI is InChI=1S/C13H12.C8H10/c1-11-7-9-13(10-8-11)12-5-3-2-4-6-12;1-2-8-6-4-3-5-7-8/h2-10H,1H3;3-7H,2H2,1H3. The van der Waals surface area contributed by atoms with Crippen molar-refractivity contribution in [2.75, 3.05) is 0 Å². The first-order valence-electron chi connectivity index (χ1n) is 7.45. The van der Waals surface area contributed by atoms with Crippen molar-refractivity contribution in [3.05, 3.63) is 96.1 Å². The van der Waals surface area contributed by atoms with Gasteiger partial charge in [0.2, 0.25) is 0 Å². The van der Waals surface area contributed by atoms with Crippen LogP contribution in [0.3, 0.4) is 0 Å². The fourth-order valence-electron chi connectivity index (χ4n) is 2.09. The van der Waals surface area contributed by atoms with Gasteiger partial charge in [-0.15, -0.1) is 0 Å².